The number of hydrogen-bond donors (Lipinski definition) is 0. The van der Waals surface area contributed by atoms with E-state index in [9.17, 15) is 4.79 Å². The second-order valence-electron chi connectivity index (χ2n) is 4.73. The van der Waals surface area contributed by atoms with Crippen molar-refractivity contribution in [1.82, 2.24) is 4.90 Å². The van der Waals surface area contributed by atoms with Gasteiger partial charge in [0.25, 0.3) is 0 Å². The summed E-state index contributed by atoms with van der Waals surface area (Å²) >= 11 is 1.94. The van der Waals surface area contributed by atoms with Crippen LogP contribution in [0.15, 0.2) is 0 Å². The van der Waals surface area contributed by atoms with Gasteiger partial charge in [0.15, 0.2) is 0 Å². The van der Waals surface area contributed by atoms with Crippen molar-refractivity contribution in [3.8, 4) is 0 Å². The lowest BCUT2D eigenvalue weighted by Crippen LogP contribution is -2.39. The number of thioether (sulfide) groups is 1. The number of carbonyl (C=O) groups excluding carboxylic acids is 1. The van der Waals surface area contributed by atoms with Crippen molar-refractivity contribution in [3.63, 3.8) is 0 Å². The Morgan fingerprint density at radius 3 is 2.31 bits per heavy atom. The molecule has 0 saturated carbocycles. The molecular weight excluding hydrogens is 182 g/mol. The molecule has 0 aromatic carbocycles. The Labute approximate surface area is 85.1 Å². The summed E-state index contributed by atoms with van der Waals surface area (Å²) in [7, 11) is 0. The Kier molecular flexibility index (Phi) is 3.65. The van der Waals surface area contributed by atoms with E-state index in [-0.39, 0.29) is 5.41 Å². The van der Waals surface area contributed by atoms with Crippen molar-refractivity contribution in [2.75, 3.05) is 24.6 Å². The number of hydrogen-bond acceptors (Lipinski definition) is 2. The number of nitrogens with zero attached hydrogens (tertiary/aromatic N) is 1. The molecule has 1 aliphatic rings. The molecule has 0 radical (unpaired) electrons. The van der Waals surface area contributed by atoms with E-state index in [1.54, 1.807) is 0 Å². The van der Waals surface area contributed by atoms with Gasteiger partial charge in [0.05, 0.1) is 0 Å². The minimum Gasteiger partial charge on any atom is -0.341 e. The molecule has 0 spiro atoms. The molecule has 0 unspecified atom stereocenters. The fourth-order valence-electron chi connectivity index (χ4n) is 1.38. The van der Waals surface area contributed by atoms with Crippen LogP contribution in [0.1, 0.15) is 27.2 Å². The van der Waals surface area contributed by atoms with Crippen LogP contribution in [-0.2, 0) is 4.79 Å². The summed E-state index contributed by atoms with van der Waals surface area (Å²) < 4.78 is 0. The molecule has 2 nitrogen and oxygen atoms in total. The Morgan fingerprint density at radius 1 is 1.31 bits per heavy atom. The standard InChI is InChI=1S/C10H19NOS/c1-10(2,3)8-9(12)11-4-6-13-7-5-11/h4-8H2,1-3H3. The highest BCUT2D eigenvalue weighted by Crippen LogP contribution is 2.21. The highest BCUT2D eigenvalue weighted by Gasteiger charge is 2.22. The highest BCUT2D eigenvalue weighted by atomic mass is 32.2. The molecule has 1 heterocycles. The third-order valence-electron chi connectivity index (χ3n) is 2.05. The van der Waals surface area contributed by atoms with Crippen molar-refractivity contribution in [2.45, 2.75) is 27.2 Å². The van der Waals surface area contributed by atoms with Gasteiger partial charge in [-0.25, -0.2) is 0 Å². The number of carbonyl (C=O) groups is 1. The summed E-state index contributed by atoms with van der Waals surface area (Å²) in [5, 5.41) is 0. The summed E-state index contributed by atoms with van der Waals surface area (Å²) in [5.41, 5.74) is 0.127. The third-order valence-corrected chi connectivity index (χ3v) is 2.99. The van der Waals surface area contributed by atoms with E-state index in [1.807, 2.05) is 16.7 Å². The van der Waals surface area contributed by atoms with E-state index < -0.39 is 0 Å². The zero-order valence-electron chi connectivity index (χ0n) is 8.80. The van der Waals surface area contributed by atoms with Crippen LogP contribution in [0.25, 0.3) is 0 Å². The van der Waals surface area contributed by atoms with Gasteiger partial charge in [-0.15, -0.1) is 0 Å². The van der Waals surface area contributed by atoms with Crippen LogP contribution < -0.4 is 0 Å². The fourth-order valence-corrected chi connectivity index (χ4v) is 2.28. The lowest BCUT2D eigenvalue weighted by atomic mass is 9.91. The molecule has 0 aromatic rings. The lowest BCUT2D eigenvalue weighted by molar-refractivity contribution is -0.132. The van der Waals surface area contributed by atoms with Gasteiger partial charge in [-0.2, -0.15) is 11.8 Å². The molecule has 0 bridgehead atoms. The van der Waals surface area contributed by atoms with Crippen molar-refractivity contribution in [1.29, 1.82) is 0 Å². The maximum Gasteiger partial charge on any atom is 0.223 e. The van der Waals surface area contributed by atoms with Gasteiger partial charge in [0.2, 0.25) is 5.91 Å². The van der Waals surface area contributed by atoms with Gasteiger partial charge < -0.3 is 4.90 Å². The lowest BCUT2D eigenvalue weighted by Gasteiger charge is -2.29. The minimum absolute atomic E-state index is 0.127. The van der Waals surface area contributed by atoms with Gasteiger partial charge in [-0.05, 0) is 5.41 Å². The average Bonchev–Trinajstić information content (AvgIpc) is 2.03. The van der Waals surface area contributed by atoms with E-state index >= 15 is 0 Å². The van der Waals surface area contributed by atoms with E-state index in [4.69, 9.17) is 0 Å². The van der Waals surface area contributed by atoms with Crippen molar-refractivity contribution in [2.24, 2.45) is 5.41 Å². The van der Waals surface area contributed by atoms with Gasteiger partial charge >= 0.3 is 0 Å². The first kappa shape index (κ1) is 10.9. The number of rotatable bonds is 1. The first-order valence-corrected chi connectivity index (χ1v) is 6.00. The molecule has 1 saturated heterocycles. The predicted molar refractivity (Wildman–Crippen MR) is 58.0 cm³/mol. The fraction of sp³-hybridized carbons (Fsp3) is 0.900. The number of amides is 1. The second kappa shape index (κ2) is 4.36. The van der Waals surface area contributed by atoms with E-state index in [0.29, 0.717) is 12.3 Å². The summed E-state index contributed by atoms with van der Waals surface area (Å²) in [6.07, 6.45) is 0.678. The second-order valence-corrected chi connectivity index (χ2v) is 5.96. The molecular formula is C10H19NOS. The van der Waals surface area contributed by atoms with E-state index in [1.165, 1.54) is 0 Å². The van der Waals surface area contributed by atoms with Crippen LogP contribution in [0.4, 0.5) is 0 Å². The first-order chi connectivity index (χ1) is 5.99. The van der Waals surface area contributed by atoms with Gasteiger partial charge in [-0.3, -0.25) is 4.79 Å². The van der Waals surface area contributed by atoms with Crippen LogP contribution >= 0.6 is 11.8 Å². The Bertz CT molecular complexity index is 180. The van der Waals surface area contributed by atoms with Gasteiger partial charge in [-0.1, -0.05) is 20.8 Å². The zero-order valence-corrected chi connectivity index (χ0v) is 9.62. The molecule has 0 aromatic heterocycles. The summed E-state index contributed by atoms with van der Waals surface area (Å²) in [6.45, 7) is 8.23. The molecule has 0 N–H and O–H groups in total. The van der Waals surface area contributed by atoms with Gasteiger partial charge in [0, 0.05) is 31.0 Å². The maximum atomic E-state index is 11.7. The molecule has 1 amide bonds. The Balaban J connectivity index is 2.38. The molecule has 3 heteroatoms. The van der Waals surface area contributed by atoms with Gasteiger partial charge in [0.1, 0.15) is 0 Å². The SMILES string of the molecule is CC(C)(C)CC(=O)N1CCSCC1. The smallest absolute Gasteiger partial charge is 0.223 e. The van der Waals surface area contributed by atoms with Crippen LogP contribution in [0.3, 0.4) is 0 Å². The molecule has 0 atom stereocenters. The maximum absolute atomic E-state index is 11.7. The largest absolute Gasteiger partial charge is 0.341 e. The van der Waals surface area contributed by atoms with Crippen LogP contribution in [0.2, 0.25) is 0 Å². The molecule has 1 rings (SSSR count). The molecule has 76 valence electrons. The third kappa shape index (κ3) is 4.03. The quantitative estimate of drug-likeness (QED) is 0.647. The van der Waals surface area contributed by atoms with Crippen LogP contribution in [0.5, 0.6) is 0 Å². The Hall–Kier alpha value is -0.180. The van der Waals surface area contributed by atoms with E-state index in [2.05, 4.69) is 20.8 Å². The molecule has 0 aliphatic carbocycles. The molecule has 13 heavy (non-hydrogen) atoms. The minimum atomic E-state index is 0.127. The summed E-state index contributed by atoms with van der Waals surface area (Å²) in [5.74, 6) is 2.54. The predicted octanol–water partition coefficient (Wildman–Crippen LogP) is 2.00. The Morgan fingerprint density at radius 2 is 1.85 bits per heavy atom. The highest BCUT2D eigenvalue weighted by molar-refractivity contribution is 7.99. The molecule has 1 aliphatic heterocycles. The molecule has 1 fully saturated rings. The summed E-state index contributed by atoms with van der Waals surface area (Å²) in [6, 6.07) is 0. The topological polar surface area (TPSA) is 20.3 Å². The summed E-state index contributed by atoms with van der Waals surface area (Å²) in [4.78, 5) is 13.7. The van der Waals surface area contributed by atoms with E-state index in [0.717, 1.165) is 24.6 Å². The zero-order chi connectivity index (χ0) is 9.90. The van der Waals surface area contributed by atoms with Crippen molar-refractivity contribution in [3.05, 3.63) is 0 Å². The van der Waals surface area contributed by atoms with Crippen LogP contribution in [0, 0.1) is 5.41 Å². The van der Waals surface area contributed by atoms with Crippen LogP contribution in [-0.4, -0.2) is 35.4 Å². The average molecular weight is 201 g/mol. The first-order valence-electron chi connectivity index (χ1n) is 4.84. The van der Waals surface area contributed by atoms with Crippen molar-refractivity contribution >= 4 is 17.7 Å². The monoisotopic (exact) mass is 201 g/mol. The normalized spacial score (nSPS) is 18.8. The van der Waals surface area contributed by atoms with Crippen molar-refractivity contribution < 1.29 is 4.79 Å².